The maximum Gasteiger partial charge on any atom is 0.326 e. The van der Waals surface area contributed by atoms with Crippen LogP contribution in [-0.2, 0) is 11.2 Å². The molecule has 3 N–H and O–H groups in total. The number of aliphatic carboxylic acids is 1. The molecule has 9 heteroatoms. The fourth-order valence-corrected chi connectivity index (χ4v) is 3.49. The topological polar surface area (TPSA) is 91.3 Å². The molecule has 3 rings (SSSR count). The molecule has 0 bridgehead atoms. The highest BCUT2D eigenvalue weighted by molar-refractivity contribution is 6.40. The molecule has 0 aliphatic heterocycles. The van der Waals surface area contributed by atoms with Crippen LogP contribution in [0.25, 0.3) is 0 Å². The number of hydrogen-bond acceptors (Lipinski definition) is 4. The second-order valence-electron chi connectivity index (χ2n) is 6.38. The third-order valence-electron chi connectivity index (χ3n) is 4.20. The van der Waals surface area contributed by atoms with E-state index in [2.05, 4.69) is 15.6 Å². The number of amides is 1. The summed E-state index contributed by atoms with van der Waals surface area (Å²) in [7, 11) is 0. The number of carbonyl (C=O) groups is 2. The minimum atomic E-state index is -0.991. The van der Waals surface area contributed by atoms with Crippen molar-refractivity contribution in [3.63, 3.8) is 0 Å². The second-order valence-corrected chi connectivity index (χ2v) is 7.63. The minimum Gasteiger partial charge on any atom is -0.480 e. The smallest absolute Gasteiger partial charge is 0.326 e. The van der Waals surface area contributed by atoms with Gasteiger partial charge in [-0.3, -0.25) is 9.78 Å². The van der Waals surface area contributed by atoms with Crippen molar-refractivity contribution < 1.29 is 14.7 Å². The number of rotatable bonds is 7. The van der Waals surface area contributed by atoms with E-state index in [0.29, 0.717) is 16.4 Å². The Kier molecular flexibility index (Phi) is 7.15. The molecule has 0 spiro atoms. The van der Waals surface area contributed by atoms with Gasteiger partial charge in [0.1, 0.15) is 6.04 Å². The van der Waals surface area contributed by atoms with E-state index < -0.39 is 17.9 Å². The molecule has 154 valence electrons. The quantitative estimate of drug-likeness (QED) is 0.435. The van der Waals surface area contributed by atoms with E-state index in [1.165, 1.54) is 12.4 Å². The number of pyridine rings is 1. The minimum absolute atomic E-state index is 0.133. The van der Waals surface area contributed by atoms with E-state index in [-0.39, 0.29) is 22.0 Å². The number of carbonyl (C=O) groups excluding carboxylic acids is 1. The Balaban J connectivity index is 1.68. The van der Waals surface area contributed by atoms with E-state index in [9.17, 15) is 14.7 Å². The molecular weight excluding hydrogens is 449 g/mol. The Hall–Kier alpha value is -2.80. The van der Waals surface area contributed by atoms with Gasteiger partial charge in [0.25, 0.3) is 5.91 Å². The van der Waals surface area contributed by atoms with Gasteiger partial charge in [-0.05, 0) is 35.9 Å². The maximum atomic E-state index is 12.4. The first kappa shape index (κ1) is 21.9. The van der Waals surface area contributed by atoms with Crippen molar-refractivity contribution in [3.8, 4) is 0 Å². The lowest BCUT2D eigenvalue weighted by Crippen LogP contribution is -2.31. The molecule has 0 radical (unpaired) electrons. The lowest BCUT2D eigenvalue weighted by atomic mass is 10.0. The van der Waals surface area contributed by atoms with Crippen LogP contribution in [0.3, 0.4) is 0 Å². The Bertz CT molecular complexity index is 1050. The van der Waals surface area contributed by atoms with Crippen molar-refractivity contribution in [1.29, 1.82) is 0 Å². The van der Waals surface area contributed by atoms with Crippen LogP contribution in [0.15, 0.2) is 60.9 Å². The molecule has 0 fully saturated rings. The number of nitrogens with zero attached hydrogens (tertiary/aromatic N) is 1. The molecule has 1 aromatic heterocycles. The van der Waals surface area contributed by atoms with Gasteiger partial charge in [-0.2, -0.15) is 0 Å². The Labute approximate surface area is 187 Å². The average molecular weight is 465 g/mol. The highest BCUT2D eigenvalue weighted by Crippen LogP contribution is 2.24. The van der Waals surface area contributed by atoms with E-state index in [0.717, 1.165) is 5.56 Å². The number of carboxylic acids is 1. The van der Waals surface area contributed by atoms with Gasteiger partial charge in [-0.25, -0.2) is 4.79 Å². The normalized spacial score (nSPS) is 11.6. The van der Waals surface area contributed by atoms with Crippen LogP contribution < -0.4 is 10.6 Å². The van der Waals surface area contributed by atoms with Crippen molar-refractivity contribution >= 4 is 58.1 Å². The predicted octanol–water partition coefficient (Wildman–Crippen LogP) is 5.40. The lowest BCUT2D eigenvalue weighted by molar-refractivity contribution is -0.137. The molecule has 1 unspecified atom stereocenters. The summed E-state index contributed by atoms with van der Waals surface area (Å²) in [6.07, 6.45) is 2.91. The highest BCUT2D eigenvalue weighted by Gasteiger charge is 2.19. The van der Waals surface area contributed by atoms with Crippen LogP contribution in [0, 0.1) is 0 Å². The summed E-state index contributed by atoms with van der Waals surface area (Å²) in [6.45, 7) is 0. The number of anilines is 2. The number of carboxylic acid groups (broad SMARTS) is 1. The number of benzene rings is 2. The first-order valence-electron chi connectivity index (χ1n) is 8.77. The van der Waals surface area contributed by atoms with E-state index in [4.69, 9.17) is 34.8 Å². The molecule has 1 heterocycles. The second kappa shape index (κ2) is 9.80. The van der Waals surface area contributed by atoms with Crippen LogP contribution >= 0.6 is 34.8 Å². The summed E-state index contributed by atoms with van der Waals surface area (Å²) in [5.74, 6) is -1.46. The third kappa shape index (κ3) is 5.63. The van der Waals surface area contributed by atoms with Gasteiger partial charge in [0.05, 0.1) is 15.6 Å². The molecule has 1 atom stereocenters. The fourth-order valence-electron chi connectivity index (χ4n) is 2.76. The van der Waals surface area contributed by atoms with Gasteiger partial charge in [0, 0.05) is 35.2 Å². The first-order chi connectivity index (χ1) is 14.3. The molecule has 3 aromatic rings. The molecular formula is C21H16Cl3N3O3. The predicted molar refractivity (Wildman–Crippen MR) is 119 cm³/mol. The zero-order valence-electron chi connectivity index (χ0n) is 15.4. The standard InChI is InChI=1S/C21H16Cl3N3O3/c22-13-2-1-3-15(9-13)26-18(21(29)30)8-12-4-6-14(7-5-12)27-20(28)19-16(23)10-25-11-17(19)24/h1-7,9-11,18,26H,8H2,(H,27,28)(H,29,30). The SMILES string of the molecule is O=C(Nc1ccc(CC(Nc2cccc(Cl)c2)C(=O)O)cc1)c1c(Cl)cncc1Cl. The Morgan fingerprint density at radius 1 is 0.967 bits per heavy atom. The van der Waals surface area contributed by atoms with E-state index >= 15 is 0 Å². The van der Waals surface area contributed by atoms with Gasteiger partial charge >= 0.3 is 5.97 Å². The fraction of sp³-hybridized carbons (Fsp3) is 0.0952. The van der Waals surface area contributed by atoms with Crippen LogP contribution in [0.1, 0.15) is 15.9 Å². The summed E-state index contributed by atoms with van der Waals surface area (Å²) >= 11 is 17.9. The van der Waals surface area contributed by atoms with Crippen molar-refractivity contribution in [2.24, 2.45) is 0 Å². The lowest BCUT2D eigenvalue weighted by Gasteiger charge is -2.16. The molecule has 0 aliphatic carbocycles. The summed E-state index contributed by atoms with van der Waals surface area (Å²) in [4.78, 5) is 27.9. The Morgan fingerprint density at radius 2 is 1.63 bits per heavy atom. The van der Waals surface area contributed by atoms with Crippen molar-refractivity contribution in [2.75, 3.05) is 10.6 Å². The zero-order valence-corrected chi connectivity index (χ0v) is 17.7. The monoisotopic (exact) mass is 463 g/mol. The third-order valence-corrected chi connectivity index (χ3v) is 5.00. The van der Waals surface area contributed by atoms with E-state index in [1.807, 2.05) is 0 Å². The van der Waals surface area contributed by atoms with E-state index in [1.54, 1.807) is 48.5 Å². The van der Waals surface area contributed by atoms with Crippen molar-refractivity contribution in [2.45, 2.75) is 12.5 Å². The summed E-state index contributed by atoms with van der Waals surface area (Å²) in [6, 6.07) is 12.8. The van der Waals surface area contributed by atoms with Crippen LogP contribution in [0.5, 0.6) is 0 Å². The van der Waals surface area contributed by atoms with Crippen molar-refractivity contribution in [1.82, 2.24) is 4.98 Å². The van der Waals surface area contributed by atoms with Gasteiger partial charge in [0.15, 0.2) is 0 Å². The first-order valence-corrected chi connectivity index (χ1v) is 9.91. The molecule has 0 saturated carbocycles. The largest absolute Gasteiger partial charge is 0.480 e. The van der Waals surface area contributed by atoms with Crippen LogP contribution in [0.2, 0.25) is 15.1 Å². The molecule has 2 aromatic carbocycles. The molecule has 1 amide bonds. The number of nitrogens with one attached hydrogen (secondary N) is 2. The molecule has 30 heavy (non-hydrogen) atoms. The van der Waals surface area contributed by atoms with Gasteiger partial charge in [-0.1, -0.05) is 53.0 Å². The molecule has 0 aliphatic rings. The maximum absolute atomic E-state index is 12.4. The molecule has 0 saturated heterocycles. The van der Waals surface area contributed by atoms with Gasteiger partial charge < -0.3 is 15.7 Å². The Morgan fingerprint density at radius 3 is 2.23 bits per heavy atom. The molecule has 6 nitrogen and oxygen atoms in total. The highest BCUT2D eigenvalue weighted by atomic mass is 35.5. The summed E-state index contributed by atoms with van der Waals surface area (Å²) in [5.41, 5.74) is 2.04. The number of halogens is 3. The summed E-state index contributed by atoms with van der Waals surface area (Å²) < 4.78 is 0. The van der Waals surface area contributed by atoms with Crippen LogP contribution in [0.4, 0.5) is 11.4 Å². The van der Waals surface area contributed by atoms with Gasteiger partial charge in [0.2, 0.25) is 0 Å². The van der Waals surface area contributed by atoms with Gasteiger partial charge in [-0.15, -0.1) is 0 Å². The number of aromatic nitrogens is 1. The zero-order chi connectivity index (χ0) is 21.7. The summed E-state index contributed by atoms with van der Waals surface area (Å²) in [5, 5.41) is 16.0. The van der Waals surface area contributed by atoms with Crippen molar-refractivity contribution in [3.05, 3.63) is 87.1 Å². The number of hydrogen-bond donors (Lipinski definition) is 3. The van der Waals surface area contributed by atoms with Crippen LogP contribution in [-0.4, -0.2) is 28.0 Å². The average Bonchev–Trinajstić information content (AvgIpc) is 2.69.